The van der Waals surface area contributed by atoms with Gasteiger partial charge in [0.05, 0.1) is 21.1 Å². The second kappa shape index (κ2) is 8.00. The molecule has 0 unspecified atom stereocenters. The molecule has 1 N–H and O–H groups in total. The molecule has 2 rings (SSSR count). The Labute approximate surface area is 140 Å². The van der Waals surface area contributed by atoms with Crippen LogP contribution in [0.15, 0.2) is 35.7 Å². The van der Waals surface area contributed by atoms with Gasteiger partial charge in [0.2, 0.25) is 0 Å². The van der Waals surface area contributed by atoms with E-state index in [2.05, 4.69) is 34.0 Å². The number of carbonyl (C=O) groups is 1. The van der Waals surface area contributed by atoms with Crippen LogP contribution in [0.4, 0.5) is 5.69 Å². The van der Waals surface area contributed by atoms with Gasteiger partial charge in [-0.3, -0.25) is 4.79 Å². The minimum atomic E-state index is -0.129. The number of benzene rings is 1. The molecule has 0 spiro atoms. The van der Waals surface area contributed by atoms with Crippen molar-refractivity contribution in [2.45, 2.75) is 12.8 Å². The average Bonchev–Trinajstić information content (AvgIpc) is 2.91. The maximum Gasteiger partial charge on any atom is 0.256 e. The number of halogens is 1. The second-order valence-corrected chi connectivity index (χ2v) is 7.04. The van der Waals surface area contributed by atoms with Gasteiger partial charge in [0.1, 0.15) is 5.75 Å². The van der Waals surface area contributed by atoms with E-state index in [0.717, 1.165) is 2.88 Å². The number of carbonyl (C=O) groups excluding carboxylic acids is 1. The van der Waals surface area contributed by atoms with Crippen molar-refractivity contribution in [3.05, 3.63) is 44.2 Å². The number of nitrogens with zero attached hydrogens (tertiary/aromatic N) is 1. The van der Waals surface area contributed by atoms with Gasteiger partial charge in [-0.2, -0.15) is 5.26 Å². The molecule has 0 atom stereocenters. The average molecular weight is 412 g/mol. The molecule has 1 aromatic heterocycles. The Bertz CT molecular complexity index is 664. The molecule has 0 bridgehead atoms. The molecule has 4 nitrogen and oxygen atoms in total. The van der Waals surface area contributed by atoms with Gasteiger partial charge in [0, 0.05) is 23.6 Å². The fraction of sp³-hybridized carbons (Fsp3) is 0.200. The molecule has 1 aromatic carbocycles. The molecule has 0 aliphatic rings. The Morgan fingerprint density at radius 1 is 1.43 bits per heavy atom. The topological polar surface area (TPSA) is 62.1 Å². The summed E-state index contributed by atoms with van der Waals surface area (Å²) in [7, 11) is 0. The number of nitrogens with one attached hydrogen (secondary N) is 1. The van der Waals surface area contributed by atoms with Crippen molar-refractivity contribution in [2.24, 2.45) is 0 Å². The first-order chi connectivity index (χ1) is 10.2. The number of unbranched alkanes of at least 4 members (excludes halogenated alkanes) is 1. The molecule has 1 amide bonds. The van der Waals surface area contributed by atoms with E-state index < -0.39 is 0 Å². The largest absolute Gasteiger partial charge is 0.493 e. The fourth-order valence-corrected chi connectivity index (χ4v) is 2.96. The summed E-state index contributed by atoms with van der Waals surface area (Å²) in [5, 5.41) is 13.1. The number of rotatable bonds is 6. The second-order valence-electron chi connectivity index (χ2n) is 4.23. The summed E-state index contributed by atoms with van der Waals surface area (Å²) in [5.74, 6) is 0.557. The molecule has 2 aromatic rings. The smallest absolute Gasteiger partial charge is 0.256 e. The van der Waals surface area contributed by atoms with Crippen LogP contribution in [0.1, 0.15) is 23.2 Å². The van der Waals surface area contributed by atoms with Crippen molar-refractivity contribution in [1.82, 2.24) is 0 Å². The summed E-state index contributed by atoms with van der Waals surface area (Å²) >= 11 is 3.72. The minimum Gasteiger partial charge on any atom is -0.493 e. The number of nitriles is 1. The maximum atomic E-state index is 12.1. The van der Waals surface area contributed by atoms with E-state index in [9.17, 15) is 4.79 Å². The zero-order valence-electron chi connectivity index (χ0n) is 11.1. The molecule has 1 heterocycles. The van der Waals surface area contributed by atoms with Crippen LogP contribution in [-0.4, -0.2) is 12.5 Å². The van der Waals surface area contributed by atoms with Gasteiger partial charge in [-0.25, -0.2) is 0 Å². The van der Waals surface area contributed by atoms with Gasteiger partial charge in [0.15, 0.2) is 0 Å². The van der Waals surface area contributed by atoms with Crippen LogP contribution in [0.5, 0.6) is 5.75 Å². The SMILES string of the molecule is N#CCCCOc1cccc(NC(=O)c2csc(I)c2)c1. The third-order valence-corrected chi connectivity index (χ3v) is 4.41. The molecule has 0 aliphatic heterocycles. The molecule has 21 heavy (non-hydrogen) atoms. The molecule has 6 heteroatoms. The van der Waals surface area contributed by atoms with Crippen molar-refractivity contribution in [2.75, 3.05) is 11.9 Å². The van der Waals surface area contributed by atoms with Crippen LogP contribution >= 0.6 is 33.9 Å². The van der Waals surface area contributed by atoms with Gasteiger partial charge < -0.3 is 10.1 Å². The van der Waals surface area contributed by atoms with Crippen molar-refractivity contribution < 1.29 is 9.53 Å². The summed E-state index contributed by atoms with van der Waals surface area (Å²) < 4.78 is 6.61. The van der Waals surface area contributed by atoms with Crippen LogP contribution in [0.3, 0.4) is 0 Å². The summed E-state index contributed by atoms with van der Waals surface area (Å²) in [5.41, 5.74) is 1.35. The number of anilines is 1. The van der Waals surface area contributed by atoms with E-state index in [1.54, 1.807) is 6.07 Å². The molecule has 108 valence electrons. The van der Waals surface area contributed by atoms with Crippen LogP contribution in [0.25, 0.3) is 0 Å². The van der Waals surface area contributed by atoms with Crippen LogP contribution in [0, 0.1) is 14.2 Å². The highest BCUT2D eigenvalue weighted by Gasteiger charge is 2.08. The van der Waals surface area contributed by atoms with Crippen molar-refractivity contribution >= 4 is 45.5 Å². The molecular weight excluding hydrogens is 399 g/mol. The monoisotopic (exact) mass is 412 g/mol. The fourth-order valence-electron chi connectivity index (χ4n) is 1.64. The predicted octanol–water partition coefficient (Wildman–Crippen LogP) is 4.29. The zero-order chi connectivity index (χ0) is 15.1. The Morgan fingerprint density at radius 3 is 3.00 bits per heavy atom. The first-order valence-electron chi connectivity index (χ1n) is 6.34. The third kappa shape index (κ3) is 5.02. The lowest BCUT2D eigenvalue weighted by atomic mass is 10.2. The zero-order valence-corrected chi connectivity index (χ0v) is 14.1. The highest BCUT2D eigenvalue weighted by Crippen LogP contribution is 2.20. The quantitative estimate of drug-likeness (QED) is 0.569. The molecule has 0 saturated carbocycles. The Morgan fingerprint density at radius 2 is 2.29 bits per heavy atom. The van der Waals surface area contributed by atoms with E-state index in [1.807, 2.05) is 29.6 Å². The maximum absolute atomic E-state index is 12.1. The van der Waals surface area contributed by atoms with Crippen molar-refractivity contribution in [3.63, 3.8) is 0 Å². The highest BCUT2D eigenvalue weighted by molar-refractivity contribution is 14.1. The number of thiophene rings is 1. The Kier molecular flexibility index (Phi) is 6.02. The van der Waals surface area contributed by atoms with Crippen LogP contribution in [-0.2, 0) is 0 Å². The van der Waals surface area contributed by atoms with Gasteiger partial charge in [-0.1, -0.05) is 6.07 Å². The highest BCUT2D eigenvalue weighted by atomic mass is 127. The van der Waals surface area contributed by atoms with E-state index in [4.69, 9.17) is 10.00 Å². The molecule has 0 fully saturated rings. The van der Waals surface area contributed by atoms with Gasteiger partial charge in [0.25, 0.3) is 5.91 Å². The first-order valence-corrected chi connectivity index (χ1v) is 8.30. The lowest BCUT2D eigenvalue weighted by Crippen LogP contribution is -2.10. The number of ether oxygens (including phenoxy) is 1. The summed E-state index contributed by atoms with van der Waals surface area (Å²) in [6.45, 7) is 0.494. The van der Waals surface area contributed by atoms with Crippen LogP contribution < -0.4 is 10.1 Å². The molecule has 0 saturated heterocycles. The molecule has 0 radical (unpaired) electrons. The van der Waals surface area contributed by atoms with Gasteiger partial charge in [-0.15, -0.1) is 11.3 Å². The lowest BCUT2D eigenvalue weighted by Gasteiger charge is -2.08. The number of hydrogen-bond acceptors (Lipinski definition) is 4. The number of amides is 1. The standard InChI is InChI=1S/C15H13IN2O2S/c16-14-8-11(10-21-14)15(19)18-12-4-3-5-13(9-12)20-7-2-1-6-17/h3-5,8-10H,1-2,7H2,(H,18,19). The normalized spacial score (nSPS) is 9.90. The van der Waals surface area contributed by atoms with Gasteiger partial charge in [-0.05, 0) is 47.2 Å². The first kappa shape index (κ1) is 15.8. The van der Waals surface area contributed by atoms with Crippen molar-refractivity contribution in [1.29, 1.82) is 5.26 Å². The predicted molar refractivity (Wildman–Crippen MR) is 91.8 cm³/mol. The van der Waals surface area contributed by atoms with Gasteiger partial charge >= 0.3 is 0 Å². The molecule has 0 aliphatic carbocycles. The third-order valence-electron chi connectivity index (χ3n) is 2.62. The van der Waals surface area contributed by atoms with Crippen molar-refractivity contribution in [3.8, 4) is 11.8 Å². The minimum absolute atomic E-state index is 0.129. The summed E-state index contributed by atoms with van der Waals surface area (Å²) in [6, 6.07) is 11.2. The van der Waals surface area contributed by atoms with E-state index in [-0.39, 0.29) is 5.91 Å². The lowest BCUT2D eigenvalue weighted by molar-refractivity contribution is 0.102. The Hall–Kier alpha value is -1.59. The summed E-state index contributed by atoms with van der Waals surface area (Å²) in [6.07, 6.45) is 1.17. The van der Waals surface area contributed by atoms with Crippen LogP contribution in [0.2, 0.25) is 0 Å². The Balaban J connectivity index is 1.94. The summed E-state index contributed by atoms with van der Waals surface area (Å²) in [4.78, 5) is 12.1. The number of hydrogen-bond donors (Lipinski definition) is 1. The van der Waals surface area contributed by atoms with E-state index in [1.165, 1.54) is 11.3 Å². The van der Waals surface area contributed by atoms with E-state index >= 15 is 0 Å². The van der Waals surface area contributed by atoms with E-state index in [0.29, 0.717) is 36.4 Å². The molecular formula is C15H13IN2O2S.